The summed E-state index contributed by atoms with van der Waals surface area (Å²) in [5.74, 6) is -0.528. The van der Waals surface area contributed by atoms with E-state index >= 15 is 0 Å². The van der Waals surface area contributed by atoms with Crippen LogP contribution in [0.4, 0.5) is 4.39 Å². The number of aromatic nitrogens is 4. The second kappa shape index (κ2) is 12.8. The number of carboxylic acid groups (broad SMARTS) is 1. The molecule has 1 N–H and O–H groups in total. The molecule has 0 aliphatic heterocycles. The second-order valence-corrected chi connectivity index (χ2v) is 15.2. The van der Waals surface area contributed by atoms with E-state index in [4.69, 9.17) is 9.72 Å². The standard InChI is InChI=1S/C38H37FN4O3S/c1-37(2,3)47-35-29-18-28(46-23-27-21-41-31-8-6-7-9-32(31)42-27)15-17-33(29)43(34(35)19-38(4,5)36(44)45)22-24-10-12-25(13-11-24)30-16-14-26(39)20-40-30/h6-18,20-21H,19,22-23H2,1-5H3,(H,44,45). The summed E-state index contributed by atoms with van der Waals surface area (Å²) >= 11 is 1.74. The molecule has 0 saturated heterocycles. The molecule has 6 rings (SSSR count). The highest BCUT2D eigenvalue weighted by molar-refractivity contribution is 8.00. The van der Waals surface area contributed by atoms with E-state index in [1.807, 2.05) is 54.6 Å². The molecule has 0 radical (unpaired) electrons. The van der Waals surface area contributed by atoms with Crippen molar-refractivity contribution in [3.05, 3.63) is 114 Å². The monoisotopic (exact) mass is 648 g/mol. The highest BCUT2D eigenvalue weighted by atomic mass is 32.2. The minimum absolute atomic E-state index is 0.136. The van der Waals surface area contributed by atoms with Crippen molar-refractivity contribution in [2.45, 2.75) is 63.8 Å². The maximum absolute atomic E-state index is 13.4. The van der Waals surface area contributed by atoms with Crippen molar-refractivity contribution in [1.29, 1.82) is 0 Å². The predicted molar refractivity (Wildman–Crippen MR) is 185 cm³/mol. The van der Waals surface area contributed by atoms with Gasteiger partial charge in [0.15, 0.2) is 0 Å². The van der Waals surface area contributed by atoms with Crippen molar-refractivity contribution >= 4 is 39.7 Å². The van der Waals surface area contributed by atoms with Gasteiger partial charge in [0.1, 0.15) is 18.2 Å². The number of nitrogens with zero attached hydrogens (tertiary/aromatic N) is 4. The molecule has 7 nitrogen and oxygen atoms in total. The van der Waals surface area contributed by atoms with Crippen molar-refractivity contribution in [2.24, 2.45) is 5.41 Å². The first-order valence-corrected chi connectivity index (χ1v) is 16.3. The minimum Gasteiger partial charge on any atom is -0.487 e. The summed E-state index contributed by atoms with van der Waals surface area (Å²) in [6.07, 6.45) is 3.30. The molecule has 47 heavy (non-hydrogen) atoms. The van der Waals surface area contributed by atoms with Gasteiger partial charge in [0.25, 0.3) is 0 Å². The zero-order valence-corrected chi connectivity index (χ0v) is 27.9. The molecular formula is C38H37FN4O3S. The second-order valence-electron chi connectivity index (χ2n) is 13.3. The first-order chi connectivity index (χ1) is 22.4. The molecule has 240 valence electrons. The van der Waals surface area contributed by atoms with E-state index < -0.39 is 11.4 Å². The summed E-state index contributed by atoms with van der Waals surface area (Å²) < 4.78 is 21.8. The Hall–Kier alpha value is -4.76. The van der Waals surface area contributed by atoms with Gasteiger partial charge in [-0.25, -0.2) is 9.37 Å². The van der Waals surface area contributed by atoms with E-state index in [1.165, 1.54) is 12.3 Å². The number of rotatable bonds is 10. The minimum atomic E-state index is -0.995. The zero-order valence-electron chi connectivity index (χ0n) is 27.1. The molecule has 3 aromatic carbocycles. The Morgan fingerprint density at radius 1 is 0.915 bits per heavy atom. The van der Waals surface area contributed by atoms with Gasteiger partial charge < -0.3 is 14.4 Å². The molecule has 0 amide bonds. The number of hydrogen-bond acceptors (Lipinski definition) is 6. The number of carbonyl (C=O) groups is 1. The maximum Gasteiger partial charge on any atom is 0.309 e. The third-order valence-corrected chi connectivity index (χ3v) is 9.16. The Kier molecular flexibility index (Phi) is 8.76. The summed E-state index contributed by atoms with van der Waals surface area (Å²) in [6, 6.07) is 24.9. The van der Waals surface area contributed by atoms with Crippen LogP contribution in [0.1, 0.15) is 51.6 Å². The lowest BCUT2D eigenvalue weighted by molar-refractivity contribution is -0.146. The van der Waals surface area contributed by atoms with E-state index in [9.17, 15) is 14.3 Å². The molecule has 0 bridgehead atoms. The number of hydrogen-bond donors (Lipinski definition) is 1. The van der Waals surface area contributed by atoms with E-state index in [2.05, 4.69) is 47.4 Å². The van der Waals surface area contributed by atoms with E-state index in [0.29, 0.717) is 24.4 Å². The number of halogens is 1. The third kappa shape index (κ3) is 7.30. The molecule has 0 saturated carbocycles. The molecule has 3 aromatic heterocycles. The summed E-state index contributed by atoms with van der Waals surface area (Å²) in [5.41, 5.74) is 5.98. The lowest BCUT2D eigenvalue weighted by Gasteiger charge is -2.24. The van der Waals surface area contributed by atoms with Gasteiger partial charge in [-0.1, -0.05) is 57.2 Å². The summed E-state index contributed by atoms with van der Waals surface area (Å²) in [6.45, 7) is 10.8. The Bertz CT molecular complexity index is 2070. The van der Waals surface area contributed by atoms with Gasteiger partial charge in [-0.3, -0.25) is 14.8 Å². The van der Waals surface area contributed by atoms with Crippen molar-refractivity contribution < 1.29 is 19.0 Å². The molecule has 6 aromatic rings. The molecule has 0 fully saturated rings. The molecule has 0 unspecified atom stereocenters. The van der Waals surface area contributed by atoms with Gasteiger partial charge >= 0.3 is 5.97 Å². The number of benzene rings is 3. The molecule has 0 spiro atoms. The maximum atomic E-state index is 13.4. The Morgan fingerprint density at radius 2 is 1.66 bits per heavy atom. The van der Waals surface area contributed by atoms with Crippen LogP contribution >= 0.6 is 11.8 Å². The fraction of sp³-hybridized carbons (Fsp3) is 0.263. The number of para-hydroxylation sites is 2. The van der Waals surface area contributed by atoms with E-state index in [0.717, 1.165) is 49.3 Å². The van der Waals surface area contributed by atoms with Gasteiger partial charge in [-0.2, -0.15) is 0 Å². The number of carboxylic acids is 1. The van der Waals surface area contributed by atoms with Gasteiger partial charge in [0.2, 0.25) is 0 Å². The first-order valence-electron chi connectivity index (χ1n) is 15.5. The van der Waals surface area contributed by atoms with Gasteiger partial charge in [0, 0.05) is 44.8 Å². The average Bonchev–Trinajstić information content (AvgIpc) is 3.29. The van der Waals surface area contributed by atoms with Crippen LogP contribution in [-0.2, 0) is 24.4 Å². The molecule has 0 atom stereocenters. The summed E-state index contributed by atoms with van der Waals surface area (Å²) in [5, 5.41) is 11.2. The van der Waals surface area contributed by atoms with E-state index in [1.54, 1.807) is 37.9 Å². The van der Waals surface area contributed by atoms with E-state index in [-0.39, 0.29) is 17.2 Å². The molecule has 0 aliphatic rings. The van der Waals surface area contributed by atoms with Crippen molar-refractivity contribution in [1.82, 2.24) is 19.5 Å². The predicted octanol–water partition coefficient (Wildman–Crippen LogP) is 8.96. The first kappa shape index (κ1) is 32.2. The fourth-order valence-corrected chi connectivity index (χ4v) is 6.63. The Labute approximate surface area is 277 Å². The number of aliphatic carboxylic acids is 1. The number of fused-ring (bicyclic) bond motifs is 2. The van der Waals surface area contributed by atoms with Crippen LogP contribution in [0.5, 0.6) is 5.75 Å². The SMILES string of the molecule is CC(C)(C)Sc1c(CC(C)(C)C(=O)O)n(Cc2ccc(-c3ccc(F)cn3)cc2)c2ccc(OCc3cnc4ccccc4n3)cc12. The van der Waals surface area contributed by atoms with Crippen LogP contribution in [0.2, 0.25) is 0 Å². The third-order valence-electron chi connectivity index (χ3n) is 7.89. The smallest absolute Gasteiger partial charge is 0.309 e. The van der Waals surface area contributed by atoms with Crippen molar-refractivity contribution in [2.75, 3.05) is 0 Å². The Balaban J connectivity index is 1.40. The lowest BCUT2D eigenvalue weighted by atomic mass is 9.88. The van der Waals surface area contributed by atoms with Crippen LogP contribution in [0.3, 0.4) is 0 Å². The summed E-state index contributed by atoms with van der Waals surface area (Å²) in [7, 11) is 0. The summed E-state index contributed by atoms with van der Waals surface area (Å²) in [4.78, 5) is 26.8. The Morgan fingerprint density at radius 3 is 2.34 bits per heavy atom. The fourth-order valence-electron chi connectivity index (χ4n) is 5.45. The average molecular weight is 649 g/mol. The molecule has 3 heterocycles. The largest absolute Gasteiger partial charge is 0.487 e. The molecule has 0 aliphatic carbocycles. The zero-order chi connectivity index (χ0) is 33.3. The number of pyridine rings is 1. The van der Waals surface area contributed by atoms with Crippen LogP contribution in [0, 0.1) is 11.2 Å². The van der Waals surface area contributed by atoms with Gasteiger partial charge in [-0.05, 0) is 61.9 Å². The van der Waals surface area contributed by atoms with Gasteiger partial charge in [0.05, 0.1) is 40.2 Å². The molecular weight excluding hydrogens is 612 g/mol. The van der Waals surface area contributed by atoms with Crippen molar-refractivity contribution in [3.63, 3.8) is 0 Å². The molecule has 9 heteroatoms. The van der Waals surface area contributed by atoms with Gasteiger partial charge in [-0.15, -0.1) is 11.8 Å². The van der Waals surface area contributed by atoms with Crippen LogP contribution < -0.4 is 4.74 Å². The number of ether oxygens (including phenoxy) is 1. The van der Waals surface area contributed by atoms with Crippen LogP contribution in [0.15, 0.2) is 96.2 Å². The topological polar surface area (TPSA) is 90.1 Å². The number of thioether (sulfide) groups is 1. The van der Waals surface area contributed by atoms with Crippen molar-refractivity contribution in [3.8, 4) is 17.0 Å². The van der Waals surface area contributed by atoms with Crippen LogP contribution in [-0.4, -0.2) is 35.3 Å². The quantitative estimate of drug-likeness (QED) is 0.148. The highest BCUT2D eigenvalue weighted by Crippen LogP contribution is 2.44. The lowest BCUT2D eigenvalue weighted by Crippen LogP contribution is -2.28. The van der Waals surface area contributed by atoms with Crippen LogP contribution in [0.25, 0.3) is 33.2 Å². The highest BCUT2D eigenvalue weighted by Gasteiger charge is 2.33. The normalized spacial score (nSPS) is 12.1.